The van der Waals surface area contributed by atoms with Crippen LogP contribution in [0, 0.1) is 0 Å². The zero-order chi connectivity index (χ0) is 17.2. The van der Waals surface area contributed by atoms with Crippen molar-refractivity contribution in [3.63, 3.8) is 0 Å². The van der Waals surface area contributed by atoms with E-state index >= 15 is 0 Å². The molecule has 4 heteroatoms. The first kappa shape index (κ1) is 18.0. The van der Waals surface area contributed by atoms with Gasteiger partial charge < -0.3 is 15.0 Å². The molecule has 4 nitrogen and oxygen atoms in total. The summed E-state index contributed by atoms with van der Waals surface area (Å²) in [4.78, 5) is 14.7. The number of para-hydroxylation sites is 1. The van der Waals surface area contributed by atoms with Crippen molar-refractivity contribution >= 4 is 5.91 Å². The molecule has 2 aromatic rings. The summed E-state index contributed by atoms with van der Waals surface area (Å²) in [5.74, 6) is 0.753. The third-order valence-corrected chi connectivity index (χ3v) is 4.01. The summed E-state index contributed by atoms with van der Waals surface area (Å²) in [7, 11) is 0. The number of ether oxygens (including phenoxy) is 1. The van der Waals surface area contributed by atoms with Gasteiger partial charge in [-0.15, -0.1) is 0 Å². The molecule has 2 aromatic carbocycles. The van der Waals surface area contributed by atoms with Crippen molar-refractivity contribution in [1.82, 2.24) is 10.2 Å². The van der Waals surface area contributed by atoms with Crippen LogP contribution in [0.25, 0.3) is 0 Å². The van der Waals surface area contributed by atoms with E-state index in [9.17, 15) is 4.79 Å². The summed E-state index contributed by atoms with van der Waals surface area (Å²) in [6, 6.07) is 17.2. The van der Waals surface area contributed by atoms with Crippen LogP contribution in [-0.4, -0.2) is 37.0 Å². The lowest BCUT2D eigenvalue weighted by Gasteiger charge is -2.18. The van der Waals surface area contributed by atoms with Gasteiger partial charge in [-0.1, -0.05) is 50.2 Å². The molecule has 0 atom stereocenters. The maximum absolute atomic E-state index is 12.4. The van der Waals surface area contributed by atoms with E-state index in [1.54, 1.807) is 0 Å². The standard InChI is InChI=1S/C20H26N2O2/c1-3-22(4-2)15-14-21-20(23)19-13-9-8-10-17(19)16-24-18-11-6-5-7-12-18/h5-13H,3-4,14-16H2,1-2H3,(H,21,23). The van der Waals surface area contributed by atoms with Gasteiger partial charge in [-0.3, -0.25) is 4.79 Å². The molecule has 0 aromatic heterocycles. The number of likely N-dealkylation sites (N-methyl/N-ethyl adjacent to an activating group) is 1. The summed E-state index contributed by atoms with van der Waals surface area (Å²) in [6.45, 7) is 8.13. The van der Waals surface area contributed by atoms with Crippen LogP contribution in [0.1, 0.15) is 29.8 Å². The zero-order valence-corrected chi connectivity index (χ0v) is 14.5. The maximum Gasteiger partial charge on any atom is 0.251 e. The summed E-state index contributed by atoms with van der Waals surface area (Å²) in [5.41, 5.74) is 1.56. The molecule has 0 aliphatic heterocycles. The lowest BCUT2D eigenvalue weighted by atomic mass is 10.1. The molecule has 0 aliphatic rings. The van der Waals surface area contributed by atoms with E-state index in [1.165, 1.54) is 0 Å². The summed E-state index contributed by atoms with van der Waals surface area (Å²) in [6.07, 6.45) is 0. The van der Waals surface area contributed by atoms with E-state index in [2.05, 4.69) is 24.1 Å². The minimum absolute atomic E-state index is 0.0468. The van der Waals surface area contributed by atoms with Crippen LogP contribution in [0.3, 0.4) is 0 Å². The van der Waals surface area contributed by atoms with E-state index in [-0.39, 0.29) is 5.91 Å². The summed E-state index contributed by atoms with van der Waals surface area (Å²) >= 11 is 0. The first-order valence-corrected chi connectivity index (χ1v) is 8.50. The molecule has 0 aliphatic carbocycles. The molecule has 0 saturated carbocycles. The van der Waals surface area contributed by atoms with E-state index in [4.69, 9.17) is 4.74 Å². The highest BCUT2D eigenvalue weighted by Crippen LogP contribution is 2.14. The second kappa shape index (κ2) is 9.73. The molecule has 0 unspecified atom stereocenters. The van der Waals surface area contributed by atoms with Crippen molar-refractivity contribution in [2.24, 2.45) is 0 Å². The van der Waals surface area contributed by atoms with Crippen LogP contribution < -0.4 is 10.1 Å². The number of carbonyl (C=O) groups excluding carboxylic acids is 1. The van der Waals surface area contributed by atoms with E-state index in [1.807, 2.05) is 54.6 Å². The van der Waals surface area contributed by atoms with Gasteiger partial charge in [0.25, 0.3) is 5.91 Å². The van der Waals surface area contributed by atoms with Gasteiger partial charge in [-0.05, 0) is 31.3 Å². The van der Waals surface area contributed by atoms with Crippen LogP contribution in [0.15, 0.2) is 54.6 Å². The van der Waals surface area contributed by atoms with Crippen molar-refractivity contribution in [3.8, 4) is 5.75 Å². The van der Waals surface area contributed by atoms with Crippen LogP contribution in [0.2, 0.25) is 0 Å². The largest absolute Gasteiger partial charge is 0.489 e. The summed E-state index contributed by atoms with van der Waals surface area (Å²) < 4.78 is 5.77. The Labute approximate surface area is 144 Å². The Balaban J connectivity index is 1.93. The molecule has 0 saturated heterocycles. The fourth-order valence-corrected chi connectivity index (χ4v) is 2.51. The molecule has 128 valence electrons. The van der Waals surface area contributed by atoms with Crippen molar-refractivity contribution < 1.29 is 9.53 Å². The first-order chi connectivity index (χ1) is 11.7. The molecular formula is C20H26N2O2. The van der Waals surface area contributed by atoms with E-state index in [0.717, 1.165) is 30.9 Å². The van der Waals surface area contributed by atoms with Crippen molar-refractivity contribution in [2.75, 3.05) is 26.2 Å². The molecule has 0 spiro atoms. The van der Waals surface area contributed by atoms with Crippen molar-refractivity contribution in [2.45, 2.75) is 20.5 Å². The van der Waals surface area contributed by atoms with Gasteiger partial charge in [-0.2, -0.15) is 0 Å². The zero-order valence-electron chi connectivity index (χ0n) is 14.5. The number of carbonyl (C=O) groups is 1. The lowest BCUT2D eigenvalue weighted by molar-refractivity contribution is 0.0946. The average Bonchev–Trinajstić information content (AvgIpc) is 2.64. The van der Waals surface area contributed by atoms with Gasteiger partial charge in [0.2, 0.25) is 0 Å². The number of nitrogens with one attached hydrogen (secondary N) is 1. The molecule has 0 radical (unpaired) electrons. The Morgan fingerprint density at radius 2 is 1.67 bits per heavy atom. The lowest BCUT2D eigenvalue weighted by Crippen LogP contribution is -2.35. The topological polar surface area (TPSA) is 41.6 Å². The number of hydrogen-bond acceptors (Lipinski definition) is 3. The van der Waals surface area contributed by atoms with Crippen LogP contribution in [0.4, 0.5) is 0 Å². The second-order valence-electron chi connectivity index (χ2n) is 5.54. The highest BCUT2D eigenvalue weighted by Gasteiger charge is 2.11. The Bertz CT molecular complexity index is 625. The highest BCUT2D eigenvalue weighted by molar-refractivity contribution is 5.95. The predicted molar refractivity (Wildman–Crippen MR) is 97.3 cm³/mol. The number of rotatable bonds is 9. The van der Waals surface area contributed by atoms with Crippen molar-refractivity contribution in [1.29, 1.82) is 0 Å². The Hall–Kier alpha value is -2.33. The third-order valence-electron chi connectivity index (χ3n) is 4.01. The maximum atomic E-state index is 12.4. The number of nitrogens with zero attached hydrogens (tertiary/aromatic N) is 1. The van der Waals surface area contributed by atoms with Crippen LogP contribution >= 0.6 is 0 Å². The molecule has 0 fully saturated rings. The van der Waals surface area contributed by atoms with Gasteiger partial charge in [-0.25, -0.2) is 0 Å². The molecular weight excluding hydrogens is 300 g/mol. The first-order valence-electron chi connectivity index (χ1n) is 8.50. The molecule has 1 amide bonds. The number of benzene rings is 2. The van der Waals surface area contributed by atoms with E-state index in [0.29, 0.717) is 18.7 Å². The molecule has 24 heavy (non-hydrogen) atoms. The third kappa shape index (κ3) is 5.39. The van der Waals surface area contributed by atoms with Gasteiger partial charge in [0, 0.05) is 24.2 Å². The predicted octanol–water partition coefficient (Wildman–Crippen LogP) is 3.34. The smallest absolute Gasteiger partial charge is 0.251 e. The molecule has 2 rings (SSSR count). The fraction of sp³-hybridized carbons (Fsp3) is 0.350. The minimum Gasteiger partial charge on any atom is -0.489 e. The molecule has 0 bridgehead atoms. The van der Waals surface area contributed by atoms with Gasteiger partial charge in [0.05, 0.1) is 0 Å². The quantitative estimate of drug-likeness (QED) is 0.768. The monoisotopic (exact) mass is 326 g/mol. The molecule has 0 heterocycles. The highest BCUT2D eigenvalue weighted by atomic mass is 16.5. The van der Waals surface area contributed by atoms with Gasteiger partial charge in [0.15, 0.2) is 0 Å². The van der Waals surface area contributed by atoms with E-state index < -0.39 is 0 Å². The molecule has 1 N–H and O–H groups in total. The summed E-state index contributed by atoms with van der Waals surface area (Å²) in [5, 5.41) is 3.00. The Kier molecular flexibility index (Phi) is 7.30. The van der Waals surface area contributed by atoms with Crippen LogP contribution in [-0.2, 0) is 6.61 Å². The van der Waals surface area contributed by atoms with Crippen molar-refractivity contribution in [3.05, 3.63) is 65.7 Å². The normalized spacial score (nSPS) is 10.6. The van der Waals surface area contributed by atoms with Gasteiger partial charge >= 0.3 is 0 Å². The number of hydrogen-bond donors (Lipinski definition) is 1. The minimum atomic E-state index is -0.0468. The Morgan fingerprint density at radius 3 is 2.38 bits per heavy atom. The SMILES string of the molecule is CCN(CC)CCNC(=O)c1ccccc1COc1ccccc1. The Morgan fingerprint density at radius 1 is 1.00 bits per heavy atom. The number of amides is 1. The van der Waals surface area contributed by atoms with Crippen LogP contribution in [0.5, 0.6) is 5.75 Å². The second-order valence-corrected chi connectivity index (χ2v) is 5.54. The van der Waals surface area contributed by atoms with Gasteiger partial charge in [0.1, 0.15) is 12.4 Å². The average molecular weight is 326 g/mol. The fourth-order valence-electron chi connectivity index (χ4n) is 2.51.